The van der Waals surface area contributed by atoms with E-state index in [1.54, 1.807) is 31.9 Å². The van der Waals surface area contributed by atoms with Crippen LogP contribution in [0.2, 0.25) is 0 Å². The molecule has 3 aromatic rings. The number of methoxy groups -OCH3 is 1. The number of rotatable bonds is 7. The highest BCUT2D eigenvalue weighted by atomic mass is 16.5. The van der Waals surface area contributed by atoms with E-state index in [2.05, 4.69) is 33.9 Å². The van der Waals surface area contributed by atoms with Gasteiger partial charge in [0.05, 0.1) is 41.8 Å². The molecule has 0 saturated carbocycles. The van der Waals surface area contributed by atoms with E-state index in [0.717, 1.165) is 35.6 Å². The van der Waals surface area contributed by atoms with Crippen LogP contribution in [0.3, 0.4) is 0 Å². The van der Waals surface area contributed by atoms with Crippen LogP contribution in [0.5, 0.6) is 0 Å². The van der Waals surface area contributed by atoms with Gasteiger partial charge in [0.1, 0.15) is 5.82 Å². The van der Waals surface area contributed by atoms with Crippen LogP contribution in [0.25, 0.3) is 11.3 Å². The number of likely N-dealkylation sites (tertiary alicyclic amines) is 1. The Hall–Kier alpha value is -3.00. The molecule has 1 amide bonds. The second kappa shape index (κ2) is 9.01. The van der Waals surface area contributed by atoms with E-state index in [-0.39, 0.29) is 18.1 Å². The van der Waals surface area contributed by atoms with Crippen molar-refractivity contribution in [3.8, 4) is 11.3 Å². The van der Waals surface area contributed by atoms with Crippen LogP contribution in [0.4, 0.5) is 0 Å². The Morgan fingerprint density at radius 2 is 2.10 bits per heavy atom. The summed E-state index contributed by atoms with van der Waals surface area (Å²) < 4.78 is 7.60. The summed E-state index contributed by atoms with van der Waals surface area (Å²) in [6.45, 7) is 6.80. The molecule has 0 radical (unpaired) electrons. The number of amides is 1. The van der Waals surface area contributed by atoms with Gasteiger partial charge in [0.2, 0.25) is 0 Å². The van der Waals surface area contributed by atoms with Crippen LogP contribution in [0.1, 0.15) is 67.1 Å². The van der Waals surface area contributed by atoms with Crippen LogP contribution in [-0.4, -0.2) is 55.3 Å². The number of hydrogen-bond acceptors (Lipinski definition) is 5. The number of nitrogens with one attached hydrogen (secondary N) is 1. The normalized spacial score (nSPS) is 18.8. The number of aromatic nitrogens is 5. The van der Waals surface area contributed by atoms with Gasteiger partial charge in [-0.3, -0.25) is 14.5 Å². The summed E-state index contributed by atoms with van der Waals surface area (Å²) in [5.74, 6) is 0.732. The van der Waals surface area contributed by atoms with Gasteiger partial charge in [-0.2, -0.15) is 5.10 Å². The molecular formula is C23H30N6O2. The predicted molar refractivity (Wildman–Crippen MR) is 118 cm³/mol. The van der Waals surface area contributed by atoms with Crippen LogP contribution < -0.4 is 0 Å². The molecule has 8 heteroatoms. The Labute approximate surface area is 182 Å². The first kappa shape index (κ1) is 21.2. The topological polar surface area (TPSA) is 88.9 Å². The number of imidazole rings is 1. The number of H-pyrrole nitrogens is 1. The van der Waals surface area contributed by atoms with Gasteiger partial charge in [0, 0.05) is 43.7 Å². The van der Waals surface area contributed by atoms with E-state index in [1.807, 2.05) is 28.6 Å². The second-order valence-electron chi connectivity index (χ2n) is 8.05. The first-order chi connectivity index (χ1) is 15.1. The predicted octanol–water partition coefficient (Wildman–Crippen LogP) is 3.94. The summed E-state index contributed by atoms with van der Waals surface area (Å²) in [5, 5.41) is 4.54. The van der Waals surface area contributed by atoms with Crippen molar-refractivity contribution in [3.05, 3.63) is 54.0 Å². The van der Waals surface area contributed by atoms with Crippen molar-refractivity contribution in [2.75, 3.05) is 13.7 Å². The molecule has 164 valence electrons. The van der Waals surface area contributed by atoms with Gasteiger partial charge < -0.3 is 14.6 Å². The first-order valence-corrected chi connectivity index (χ1v) is 10.9. The lowest BCUT2D eigenvalue weighted by molar-refractivity contribution is 0.0683. The molecule has 1 aliphatic rings. The zero-order chi connectivity index (χ0) is 22.0. The Morgan fingerprint density at radius 3 is 2.77 bits per heavy atom. The third kappa shape index (κ3) is 3.99. The van der Waals surface area contributed by atoms with Crippen molar-refractivity contribution in [3.63, 3.8) is 0 Å². The maximum atomic E-state index is 13.6. The molecule has 0 spiro atoms. The minimum Gasteiger partial charge on any atom is -0.380 e. The summed E-state index contributed by atoms with van der Waals surface area (Å²) in [6.07, 6.45) is 9.66. The summed E-state index contributed by atoms with van der Waals surface area (Å²) in [6, 6.07) is 3.99. The summed E-state index contributed by atoms with van der Waals surface area (Å²) in [5.41, 5.74) is 3.40. The molecule has 1 saturated heterocycles. The molecule has 4 heterocycles. The van der Waals surface area contributed by atoms with Crippen molar-refractivity contribution in [2.45, 2.75) is 58.2 Å². The van der Waals surface area contributed by atoms with Gasteiger partial charge in [0.15, 0.2) is 0 Å². The fourth-order valence-electron chi connectivity index (χ4n) is 4.42. The maximum Gasteiger partial charge on any atom is 0.258 e. The van der Waals surface area contributed by atoms with Crippen molar-refractivity contribution >= 4 is 5.91 Å². The highest BCUT2D eigenvalue weighted by Crippen LogP contribution is 2.34. The Bertz CT molecular complexity index is 1020. The number of aromatic amines is 1. The van der Waals surface area contributed by atoms with E-state index in [4.69, 9.17) is 4.74 Å². The van der Waals surface area contributed by atoms with Gasteiger partial charge in [0.25, 0.3) is 5.91 Å². The van der Waals surface area contributed by atoms with Gasteiger partial charge in [-0.15, -0.1) is 0 Å². The molecule has 2 unspecified atom stereocenters. The second-order valence-corrected chi connectivity index (χ2v) is 8.05. The number of ether oxygens (including phenoxy) is 1. The molecule has 0 aliphatic carbocycles. The molecule has 3 aromatic heterocycles. The molecule has 1 N–H and O–H groups in total. The van der Waals surface area contributed by atoms with Crippen molar-refractivity contribution in [2.24, 2.45) is 0 Å². The Morgan fingerprint density at radius 1 is 1.29 bits per heavy atom. The van der Waals surface area contributed by atoms with E-state index in [9.17, 15) is 4.79 Å². The molecule has 1 fully saturated rings. The summed E-state index contributed by atoms with van der Waals surface area (Å²) in [7, 11) is 1.69. The van der Waals surface area contributed by atoms with E-state index in [1.165, 1.54) is 0 Å². The molecule has 0 aromatic carbocycles. The highest BCUT2D eigenvalue weighted by molar-refractivity contribution is 5.95. The third-order valence-electron chi connectivity index (χ3n) is 6.30. The number of carbonyl (C=O) groups is 1. The molecular weight excluding hydrogens is 392 g/mol. The van der Waals surface area contributed by atoms with Crippen LogP contribution in [-0.2, 0) is 4.74 Å². The zero-order valence-corrected chi connectivity index (χ0v) is 18.6. The Kier molecular flexibility index (Phi) is 6.18. The summed E-state index contributed by atoms with van der Waals surface area (Å²) in [4.78, 5) is 27.6. The van der Waals surface area contributed by atoms with Crippen molar-refractivity contribution in [1.82, 2.24) is 29.6 Å². The molecule has 8 nitrogen and oxygen atoms in total. The molecule has 2 atom stereocenters. The van der Waals surface area contributed by atoms with Gasteiger partial charge >= 0.3 is 0 Å². The Balaban J connectivity index is 1.63. The van der Waals surface area contributed by atoms with Crippen LogP contribution in [0.15, 0.2) is 36.9 Å². The fourth-order valence-corrected chi connectivity index (χ4v) is 4.42. The fraction of sp³-hybridized carbons (Fsp3) is 0.478. The first-order valence-electron chi connectivity index (χ1n) is 10.9. The van der Waals surface area contributed by atoms with Crippen molar-refractivity contribution in [1.29, 1.82) is 0 Å². The minimum atomic E-state index is -0.182. The van der Waals surface area contributed by atoms with Crippen molar-refractivity contribution < 1.29 is 9.53 Å². The summed E-state index contributed by atoms with van der Waals surface area (Å²) >= 11 is 0. The lowest BCUT2D eigenvalue weighted by atomic mass is 10.1. The SMILES string of the molecule is CCC(CC)n1ncc(C(=O)N2CC(OC)CC2c2ncc(-c3cccnc3)[nH]2)c1C. The average molecular weight is 423 g/mol. The minimum absolute atomic E-state index is 0.0291. The van der Waals surface area contributed by atoms with Crippen LogP contribution in [0, 0.1) is 6.92 Å². The third-order valence-corrected chi connectivity index (χ3v) is 6.30. The van der Waals surface area contributed by atoms with Gasteiger partial charge in [-0.1, -0.05) is 13.8 Å². The molecule has 1 aliphatic heterocycles. The number of pyridine rings is 1. The molecule has 0 bridgehead atoms. The monoisotopic (exact) mass is 422 g/mol. The van der Waals surface area contributed by atoms with E-state index >= 15 is 0 Å². The average Bonchev–Trinajstić information content (AvgIpc) is 3.53. The molecule has 4 rings (SSSR count). The standard InChI is InChI=1S/C23H30N6O2/c1-5-17(6-2)29-15(3)19(12-26-29)23(30)28-14-18(31-4)10-21(28)22-25-13-20(27-22)16-8-7-9-24-11-16/h7-9,11-13,17-18,21H,5-6,10,14H2,1-4H3,(H,25,27). The highest BCUT2D eigenvalue weighted by Gasteiger charge is 2.39. The smallest absolute Gasteiger partial charge is 0.258 e. The molecule has 31 heavy (non-hydrogen) atoms. The lowest BCUT2D eigenvalue weighted by Crippen LogP contribution is -2.32. The van der Waals surface area contributed by atoms with Gasteiger partial charge in [-0.25, -0.2) is 4.98 Å². The largest absolute Gasteiger partial charge is 0.380 e. The number of hydrogen-bond donors (Lipinski definition) is 1. The number of carbonyl (C=O) groups excluding carboxylic acids is 1. The zero-order valence-electron chi connectivity index (χ0n) is 18.6. The van der Waals surface area contributed by atoms with Gasteiger partial charge in [-0.05, 0) is 31.9 Å². The maximum absolute atomic E-state index is 13.6. The van der Waals surface area contributed by atoms with Crippen LogP contribution >= 0.6 is 0 Å². The quantitative estimate of drug-likeness (QED) is 0.623. The van der Waals surface area contributed by atoms with E-state index in [0.29, 0.717) is 24.6 Å². The lowest BCUT2D eigenvalue weighted by Gasteiger charge is -2.23. The van der Waals surface area contributed by atoms with E-state index < -0.39 is 0 Å². The number of nitrogens with zero attached hydrogens (tertiary/aromatic N) is 5.